The molecule has 5 nitrogen and oxygen atoms in total. The molecule has 0 heterocycles. The average Bonchev–Trinajstić information content (AvgIpc) is 2.42. The van der Waals surface area contributed by atoms with Gasteiger partial charge in [-0.3, -0.25) is 4.21 Å². The molecular weight excluding hydrogens is 276 g/mol. The van der Waals surface area contributed by atoms with Gasteiger partial charge >= 0.3 is 6.03 Å². The Morgan fingerprint density at radius 1 is 0.950 bits per heavy atom. The maximum atomic E-state index is 11.7. The summed E-state index contributed by atoms with van der Waals surface area (Å²) in [7, 11) is -1.04. The third-order valence-electron chi connectivity index (χ3n) is 2.57. The molecule has 0 fully saturated rings. The van der Waals surface area contributed by atoms with Crippen LogP contribution in [0, 0.1) is 0 Å². The second-order valence-electron chi connectivity index (χ2n) is 4.10. The average molecular weight is 290 g/mol. The number of rotatable bonds is 3. The number of aromatic hydroxyl groups is 1. The first-order chi connectivity index (χ1) is 9.54. The molecule has 0 spiro atoms. The molecule has 20 heavy (non-hydrogen) atoms. The Morgan fingerprint density at radius 2 is 1.40 bits per heavy atom. The number of phenolic OH excluding ortho intramolecular Hbond substituents is 1. The number of hydrogen-bond donors (Lipinski definition) is 3. The SMILES string of the molecule is C[S@](=O)c1ccc(NC(=O)Nc2ccc(O)cc2)cc1. The van der Waals surface area contributed by atoms with Crippen molar-refractivity contribution in [2.24, 2.45) is 0 Å². The van der Waals surface area contributed by atoms with Crippen molar-refractivity contribution in [1.82, 2.24) is 0 Å². The first-order valence-corrected chi connectivity index (χ1v) is 7.41. The highest BCUT2D eigenvalue weighted by molar-refractivity contribution is 7.84. The van der Waals surface area contributed by atoms with Gasteiger partial charge in [0, 0.05) is 33.3 Å². The molecule has 0 aliphatic carbocycles. The summed E-state index contributed by atoms with van der Waals surface area (Å²) >= 11 is 0. The first kappa shape index (κ1) is 14.1. The zero-order valence-corrected chi connectivity index (χ0v) is 11.6. The second-order valence-corrected chi connectivity index (χ2v) is 5.48. The predicted molar refractivity (Wildman–Crippen MR) is 79.5 cm³/mol. The summed E-state index contributed by atoms with van der Waals surface area (Å²) in [6, 6.07) is 12.6. The lowest BCUT2D eigenvalue weighted by Gasteiger charge is -2.08. The number of benzene rings is 2. The number of anilines is 2. The third-order valence-corrected chi connectivity index (χ3v) is 3.51. The molecule has 2 rings (SSSR count). The van der Waals surface area contributed by atoms with E-state index < -0.39 is 10.8 Å². The number of urea groups is 1. The monoisotopic (exact) mass is 290 g/mol. The fraction of sp³-hybridized carbons (Fsp3) is 0.0714. The molecule has 3 N–H and O–H groups in total. The summed E-state index contributed by atoms with van der Waals surface area (Å²) in [5.74, 6) is 0.138. The van der Waals surface area contributed by atoms with Gasteiger partial charge in [-0.2, -0.15) is 0 Å². The zero-order chi connectivity index (χ0) is 14.5. The second kappa shape index (κ2) is 6.21. The fourth-order valence-corrected chi connectivity index (χ4v) is 2.09. The van der Waals surface area contributed by atoms with Crippen LogP contribution in [-0.4, -0.2) is 21.6 Å². The van der Waals surface area contributed by atoms with E-state index in [2.05, 4.69) is 10.6 Å². The van der Waals surface area contributed by atoms with Gasteiger partial charge in [-0.1, -0.05) is 0 Å². The quantitative estimate of drug-likeness (QED) is 0.761. The van der Waals surface area contributed by atoms with Gasteiger partial charge in [0.25, 0.3) is 0 Å². The van der Waals surface area contributed by atoms with Crippen molar-refractivity contribution in [2.75, 3.05) is 16.9 Å². The summed E-state index contributed by atoms with van der Waals surface area (Å²) in [6.45, 7) is 0. The summed E-state index contributed by atoms with van der Waals surface area (Å²) in [5.41, 5.74) is 1.18. The van der Waals surface area contributed by atoms with Gasteiger partial charge < -0.3 is 15.7 Å². The van der Waals surface area contributed by atoms with E-state index in [1.165, 1.54) is 12.1 Å². The van der Waals surface area contributed by atoms with Crippen LogP contribution in [-0.2, 0) is 10.8 Å². The minimum absolute atomic E-state index is 0.138. The summed E-state index contributed by atoms with van der Waals surface area (Å²) in [6.07, 6.45) is 1.60. The van der Waals surface area contributed by atoms with Crippen molar-refractivity contribution in [1.29, 1.82) is 0 Å². The molecule has 0 aromatic heterocycles. The maximum Gasteiger partial charge on any atom is 0.323 e. The van der Waals surface area contributed by atoms with Crippen LogP contribution in [0.4, 0.5) is 16.2 Å². The number of carbonyl (C=O) groups excluding carboxylic acids is 1. The van der Waals surface area contributed by atoms with E-state index in [1.54, 1.807) is 42.7 Å². The number of hydrogen-bond acceptors (Lipinski definition) is 3. The number of nitrogens with one attached hydrogen (secondary N) is 2. The van der Waals surface area contributed by atoms with Crippen LogP contribution in [0.3, 0.4) is 0 Å². The van der Waals surface area contributed by atoms with Crippen LogP contribution in [0.15, 0.2) is 53.4 Å². The zero-order valence-electron chi connectivity index (χ0n) is 10.8. The molecule has 0 saturated heterocycles. The lowest BCUT2D eigenvalue weighted by atomic mass is 10.3. The Bertz CT molecular complexity index is 624. The topological polar surface area (TPSA) is 78.4 Å². The van der Waals surface area contributed by atoms with Crippen LogP contribution < -0.4 is 10.6 Å². The highest BCUT2D eigenvalue weighted by atomic mass is 32.2. The largest absolute Gasteiger partial charge is 0.508 e. The number of carbonyl (C=O) groups is 1. The van der Waals surface area contributed by atoms with E-state index in [1.807, 2.05) is 0 Å². The highest BCUT2D eigenvalue weighted by Gasteiger charge is 2.03. The molecule has 0 bridgehead atoms. The highest BCUT2D eigenvalue weighted by Crippen LogP contribution is 2.15. The molecular formula is C14H14N2O3S. The Hall–Kier alpha value is -2.34. The van der Waals surface area contributed by atoms with E-state index in [9.17, 15) is 9.00 Å². The van der Waals surface area contributed by atoms with Crippen LogP contribution in [0.1, 0.15) is 0 Å². The van der Waals surface area contributed by atoms with E-state index in [-0.39, 0.29) is 11.8 Å². The summed E-state index contributed by atoms with van der Waals surface area (Å²) < 4.78 is 11.2. The van der Waals surface area contributed by atoms with Crippen molar-refractivity contribution in [3.05, 3.63) is 48.5 Å². The van der Waals surface area contributed by atoms with Gasteiger partial charge in [0.2, 0.25) is 0 Å². The Balaban J connectivity index is 1.97. The van der Waals surface area contributed by atoms with E-state index in [4.69, 9.17) is 5.11 Å². The Morgan fingerprint density at radius 3 is 1.85 bits per heavy atom. The molecule has 0 aliphatic rings. The van der Waals surface area contributed by atoms with Crippen LogP contribution in [0.2, 0.25) is 0 Å². The minimum atomic E-state index is -1.04. The minimum Gasteiger partial charge on any atom is -0.508 e. The van der Waals surface area contributed by atoms with Crippen LogP contribution in [0.5, 0.6) is 5.75 Å². The van der Waals surface area contributed by atoms with E-state index >= 15 is 0 Å². The third kappa shape index (κ3) is 3.83. The van der Waals surface area contributed by atoms with Crippen LogP contribution in [0.25, 0.3) is 0 Å². The van der Waals surface area contributed by atoms with Crippen molar-refractivity contribution in [2.45, 2.75) is 4.90 Å². The molecule has 6 heteroatoms. The van der Waals surface area contributed by atoms with Gasteiger partial charge in [-0.05, 0) is 48.5 Å². The molecule has 0 saturated carbocycles. The summed E-state index contributed by atoms with van der Waals surface area (Å²) in [4.78, 5) is 12.4. The standard InChI is InChI=1S/C14H14N2O3S/c1-20(19)13-8-4-11(5-9-13)16-14(18)15-10-2-6-12(17)7-3-10/h2-9,17H,1H3,(H2,15,16,18)/t20-/m0/s1. The van der Waals surface area contributed by atoms with Gasteiger partial charge in [0.1, 0.15) is 5.75 Å². The maximum absolute atomic E-state index is 11.7. The molecule has 2 aromatic rings. The molecule has 0 radical (unpaired) electrons. The first-order valence-electron chi connectivity index (χ1n) is 5.85. The van der Waals surface area contributed by atoms with Crippen molar-refractivity contribution in [3.8, 4) is 5.75 Å². The van der Waals surface area contributed by atoms with E-state index in [0.29, 0.717) is 16.3 Å². The lowest BCUT2D eigenvalue weighted by Crippen LogP contribution is -2.19. The predicted octanol–water partition coefficient (Wildman–Crippen LogP) is 2.77. The smallest absolute Gasteiger partial charge is 0.323 e. The van der Waals surface area contributed by atoms with Gasteiger partial charge in [-0.25, -0.2) is 4.79 Å². The van der Waals surface area contributed by atoms with Crippen molar-refractivity contribution in [3.63, 3.8) is 0 Å². The lowest BCUT2D eigenvalue weighted by molar-refractivity contribution is 0.262. The molecule has 0 unspecified atom stereocenters. The van der Waals surface area contributed by atoms with Crippen LogP contribution >= 0.6 is 0 Å². The molecule has 1 atom stereocenters. The number of amides is 2. The summed E-state index contributed by atoms with van der Waals surface area (Å²) in [5, 5.41) is 14.4. The van der Waals surface area contributed by atoms with E-state index in [0.717, 1.165) is 0 Å². The van der Waals surface area contributed by atoms with Crippen molar-refractivity contribution < 1.29 is 14.1 Å². The Labute approximate surface area is 119 Å². The molecule has 0 aliphatic heterocycles. The molecule has 2 amide bonds. The van der Waals surface area contributed by atoms with Crippen molar-refractivity contribution >= 4 is 28.2 Å². The number of phenols is 1. The molecule has 104 valence electrons. The van der Waals surface area contributed by atoms with Gasteiger partial charge in [-0.15, -0.1) is 0 Å². The van der Waals surface area contributed by atoms with Gasteiger partial charge in [0.05, 0.1) is 0 Å². The fourth-order valence-electron chi connectivity index (χ4n) is 1.57. The van der Waals surface area contributed by atoms with Gasteiger partial charge in [0.15, 0.2) is 0 Å². The normalized spacial score (nSPS) is 11.7. The Kier molecular flexibility index (Phi) is 4.37. The molecule has 2 aromatic carbocycles.